The molecule has 4 heteroatoms. The SMILES string of the molecule is O=CO.OC=Cc1ccc(O)cc1. The maximum Gasteiger partial charge on any atom is 0.290 e. The molecule has 0 heterocycles. The highest BCUT2D eigenvalue weighted by Crippen LogP contribution is 2.09. The highest BCUT2D eigenvalue weighted by Gasteiger charge is 1.85. The van der Waals surface area contributed by atoms with Gasteiger partial charge in [-0.25, -0.2) is 0 Å². The molecular formula is C9H10O4. The third-order valence-corrected chi connectivity index (χ3v) is 1.16. The lowest BCUT2D eigenvalue weighted by molar-refractivity contribution is -0.122. The van der Waals surface area contributed by atoms with Crippen molar-refractivity contribution in [1.82, 2.24) is 0 Å². The lowest BCUT2D eigenvalue weighted by Gasteiger charge is -1.91. The molecule has 0 unspecified atom stereocenters. The van der Waals surface area contributed by atoms with Crippen molar-refractivity contribution in [3.8, 4) is 5.75 Å². The number of hydrogen-bond acceptors (Lipinski definition) is 3. The van der Waals surface area contributed by atoms with Gasteiger partial charge >= 0.3 is 0 Å². The standard InChI is InChI=1S/C8H8O2.CH2O2/c9-6-5-7-1-3-8(10)4-2-7;2-1-3/h1-6,9-10H;1H,(H,2,3). The Morgan fingerprint density at radius 1 is 1.08 bits per heavy atom. The largest absolute Gasteiger partial charge is 0.516 e. The van der Waals surface area contributed by atoms with Crippen LogP contribution in [0.25, 0.3) is 6.08 Å². The lowest BCUT2D eigenvalue weighted by atomic mass is 10.2. The third kappa shape index (κ3) is 5.32. The second-order valence-electron chi connectivity index (χ2n) is 2.01. The summed E-state index contributed by atoms with van der Waals surface area (Å²) >= 11 is 0. The summed E-state index contributed by atoms with van der Waals surface area (Å²) in [5.74, 6) is 0.232. The quantitative estimate of drug-likeness (QED) is 0.455. The average Bonchev–Trinajstić information content (AvgIpc) is 2.11. The van der Waals surface area contributed by atoms with Gasteiger partial charge in [0, 0.05) is 0 Å². The van der Waals surface area contributed by atoms with Crippen molar-refractivity contribution in [2.45, 2.75) is 0 Å². The molecule has 0 saturated carbocycles. The molecule has 4 nitrogen and oxygen atoms in total. The topological polar surface area (TPSA) is 77.8 Å². The van der Waals surface area contributed by atoms with E-state index >= 15 is 0 Å². The smallest absolute Gasteiger partial charge is 0.290 e. The maximum atomic E-state index is 8.84. The molecule has 0 aliphatic heterocycles. The molecule has 0 spiro atoms. The summed E-state index contributed by atoms with van der Waals surface area (Å²) in [6, 6.07) is 6.55. The highest BCUT2D eigenvalue weighted by molar-refractivity contribution is 5.49. The van der Waals surface area contributed by atoms with Crippen molar-refractivity contribution in [3.63, 3.8) is 0 Å². The molecule has 0 bridgehead atoms. The van der Waals surface area contributed by atoms with E-state index in [2.05, 4.69) is 0 Å². The van der Waals surface area contributed by atoms with Crippen molar-refractivity contribution in [2.24, 2.45) is 0 Å². The summed E-state index contributed by atoms with van der Waals surface area (Å²) < 4.78 is 0. The van der Waals surface area contributed by atoms with Crippen LogP contribution in [0.5, 0.6) is 5.75 Å². The van der Waals surface area contributed by atoms with Crippen LogP contribution in [0.2, 0.25) is 0 Å². The van der Waals surface area contributed by atoms with Gasteiger partial charge in [0.15, 0.2) is 0 Å². The molecule has 3 N–H and O–H groups in total. The maximum absolute atomic E-state index is 8.84. The minimum Gasteiger partial charge on any atom is -0.516 e. The van der Waals surface area contributed by atoms with Gasteiger partial charge in [0.05, 0.1) is 6.26 Å². The van der Waals surface area contributed by atoms with Crippen molar-refractivity contribution >= 4 is 12.5 Å². The Labute approximate surface area is 75.4 Å². The molecule has 70 valence electrons. The molecular weight excluding hydrogens is 172 g/mol. The normalized spacial score (nSPS) is 8.92. The first-order valence-electron chi connectivity index (χ1n) is 3.42. The second kappa shape index (κ2) is 6.72. The monoisotopic (exact) mass is 182 g/mol. The summed E-state index contributed by atoms with van der Waals surface area (Å²) in [7, 11) is 0. The van der Waals surface area contributed by atoms with E-state index in [1.54, 1.807) is 30.3 Å². The van der Waals surface area contributed by atoms with Gasteiger partial charge in [-0.15, -0.1) is 0 Å². The summed E-state index contributed by atoms with van der Waals surface area (Å²) in [6.07, 6.45) is 2.51. The molecule has 1 aromatic rings. The van der Waals surface area contributed by atoms with Gasteiger partial charge < -0.3 is 15.3 Å². The van der Waals surface area contributed by atoms with Crippen LogP contribution in [-0.4, -0.2) is 21.8 Å². The van der Waals surface area contributed by atoms with Crippen LogP contribution in [0.1, 0.15) is 5.56 Å². The predicted molar refractivity (Wildman–Crippen MR) is 48.5 cm³/mol. The second-order valence-corrected chi connectivity index (χ2v) is 2.01. The summed E-state index contributed by atoms with van der Waals surface area (Å²) in [5.41, 5.74) is 0.861. The molecule has 0 fully saturated rings. The number of carboxylic acid groups (broad SMARTS) is 1. The minimum atomic E-state index is -0.250. The van der Waals surface area contributed by atoms with E-state index in [1.807, 2.05) is 0 Å². The molecule has 13 heavy (non-hydrogen) atoms. The molecule has 1 rings (SSSR count). The molecule has 0 aliphatic carbocycles. The highest BCUT2D eigenvalue weighted by atomic mass is 16.3. The van der Waals surface area contributed by atoms with Crippen molar-refractivity contribution < 1.29 is 20.1 Å². The van der Waals surface area contributed by atoms with Crippen LogP contribution in [0.4, 0.5) is 0 Å². The number of carbonyl (C=O) groups is 1. The van der Waals surface area contributed by atoms with E-state index < -0.39 is 0 Å². The van der Waals surface area contributed by atoms with Crippen LogP contribution in [0, 0.1) is 0 Å². The Bertz CT molecular complexity index is 263. The zero-order valence-electron chi connectivity index (χ0n) is 6.79. The van der Waals surface area contributed by atoms with Crippen molar-refractivity contribution in [3.05, 3.63) is 36.1 Å². The van der Waals surface area contributed by atoms with E-state index in [1.165, 1.54) is 0 Å². The van der Waals surface area contributed by atoms with Crippen LogP contribution in [0.15, 0.2) is 30.5 Å². The first-order chi connectivity index (χ1) is 6.24. The average molecular weight is 182 g/mol. The summed E-state index contributed by atoms with van der Waals surface area (Å²) in [6.45, 7) is -0.250. The number of phenols is 1. The number of benzene rings is 1. The van der Waals surface area contributed by atoms with Crippen molar-refractivity contribution in [1.29, 1.82) is 0 Å². The Morgan fingerprint density at radius 2 is 1.54 bits per heavy atom. The lowest BCUT2D eigenvalue weighted by Crippen LogP contribution is -1.68. The zero-order chi connectivity index (χ0) is 10.1. The van der Waals surface area contributed by atoms with Gasteiger partial charge in [0.25, 0.3) is 6.47 Å². The zero-order valence-corrected chi connectivity index (χ0v) is 6.79. The number of aliphatic hydroxyl groups is 1. The molecule has 0 aromatic heterocycles. The number of hydrogen-bond donors (Lipinski definition) is 3. The number of rotatable bonds is 1. The van der Waals surface area contributed by atoms with Crippen LogP contribution >= 0.6 is 0 Å². The predicted octanol–water partition coefficient (Wildman–Crippen LogP) is 1.62. The Hall–Kier alpha value is -1.97. The van der Waals surface area contributed by atoms with Crippen molar-refractivity contribution in [2.75, 3.05) is 0 Å². The molecule has 0 atom stereocenters. The number of aliphatic hydroxyl groups excluding tert-OH is 1. The van der Waals surface area contributed by atoms with E-state index in [-0.39, 0.29) is 12.2 Å². The Kier molecular flexibility index (Phi) is 5.70. The first-order valence-corrected chi connectivity index (χ1v) is 3.42. The molecule has 0 saturated heterocycles. The van der Waals surface area contributed by atoms with E-state index in [9.17, 15) is 0 Å². The van der Waals surface area contributed by atoms with Crippen LogP contribution in [-0.2, 0) is 4.79 Å². The minimum absolute atomic E-state index is 0.232. The molecule has 0 amide bonds. The molecule has 0 radical (unpaired) electrons. The van der Waals surface area contributed by atoms with Crippen LogP contribution < -0.4 is 0 Å². The van der Waals surface area contributed by atoms with E-state index in [0.29, 0.717) is 0 Å². The van der Waals surface area contributed by atoms with Gasteiger partial charge in [0.1, 0.15) is 5.75 Å². The first kappa shape index (κ1) is 11.0. The van der Waals surface area contributed by atoms with Gasteiger partial charge in [0.2, 0.25) is 0 Å². The third-order valence-electron chi connectivity index (χ3n) is 1.16. The van der Waals surface area contributed by atoms with Gasteiger partial charge in [-0.05, 0) is 23.8 Å². The van der Waals surface area contributed by atoms with Crippen LogP contribution in [0.3, 0.4) is 0 Å². The summed E-state index contributed by atoms with van der Waals surface area (Å²) in [5, 5.41) is 24.1. The summed E-state index contributed by atoms with van der Waals surface area (Å²) in [4.78, 5) is 8.36. The van der Waals surface area contributed by atoms with E-state index in [0.717, 1.165) is 11.8 Å². The molecule has 1 aromatic carbocycles. The van der Waals surface area contributed by atoms with Gasteiger partial charge in [-0.1, -0.05) is 12.1 Å². The fourth-order valence-electron chi connectivity index (χ4n) is 0.671. The number of phenolic OH excluding ortho intramolecular Hbond substituents is 1. The molecule has 0 aliphatic rings. The van der Waals surface area contributed by atoms with Gasteiger partial charge in [-0.3, -0.25) is 4.79 Å². The fraction of sp³-hybridized carbons (Fsp3) is 0. The van der Waals surface area contributed by atoms with E-state index in [4.69, 9.17) is 20.1 Å². The van der Waals surface area contributed by atoms with Gasteiger partial charge in [-0.2, -0.15) is 0 Å². The Morgan fingerprint density at radius 3 is 1.92 bits per heavy atom. The fourth-order valence-corrected chi connectivity index (χ4v) is 0.671. The Balaban J connectivity index is 0.000000424. The number of aromatic hydroxyl groups is 1.